The van der Waals surface area contributed by atoms with E-state index in [1.165, 1.54) is 11.1 Å². The number of nitrogens with one attached hydrogen (secondary N) is 2. The van der Waals surface area contributed by atoms with E-state index in [2.05, 4.69) is 48.6 Å². The molecule has 1 atom stereocenters. The van der Waals surface area contributed by atoms with Crippen LogP contribution in [0.25, 0.3) is 11.0 Å². The SMILES string of the molecule is O=C(NC[C@@H]1Cc2ccccc2CO1)c1[nH]nc2ncc(Br)cc12. The molecule has 0 saturated carbocycles. The standard InChI is InChI=1S/C17H15BrN4O2/c18-12-6-14-15(21-22-16(14)19-7-12)17(23)20-8-13-5-10-3-1-2-4-11(10)9-24-13/h1-4,6-7,13H,5,8-9H2,(H,20,23)(H,19,21,22)/t13-/m0/s1. The first-order chi connectivity index (χ1) is 11.7. The van der Waals surface area contributed by atoms with Crippen LogP contribution in [0.4, 0.5) is 0 Å². The summed E-state index contributed by atoms with van der Waals surface area (Å²) < 4.78 is 6.62. The number of aromatic nitrogens is 3. The third kappa shape index (κ3) is 2.92. The van der Waals surface area contributed by atoms with E-state index in [1.54, 1.807) is 6.20 Å². The number of carbonyl (C=O) groups is 1. The first kappa shape index (κ1) is 15.3. The van der Waals surface area contributed by atoms with E-state index in [0.29, 0.717) is 29.9 Å². The molecular weight excluding hydrogens is 372 g/mol. The fourth-order valence-electron chi connectivity index (χ4n) is 2.88. The van der Waals surface area contributed by atoms with Crippen LogP contribution in [-0.4, -0.2) is 33.7 Å². The van der Waals surface area contributed by atoms with Crippen molar-refractivity contribution in [2.75, 3.05) is 6.54 Å². The first-order valence-corrected chi connectivity index (χ1v) is 8.46. The van der Waals surface area contributed by atoms with Gasteiger partial charge in [-0.15, -0.1) is 0 Å². The second-order valence-corrected chi connectivity index (χ2v) is 6.65. The van der Waals surface area contributed by atoms with Crippen LogP contribution in [-0.2, 0) is 17.8 Å². The highest BCUT2D eigenvalue weighted by molar-refractivity contribution is 9.10. The number of ether oxygens (including phenoxy) is 1. The van der Waals surface area contributed by atoms with Crippen molar-refractivity contribution >= 4 is 32.9 Å². The van der Waals surface area contributed by atoms with E-state index >= 15 is 0 Å². The maximum Gasteiger partial charge on any atom is 0.270 e. The summed E-state index contributed by atoms with van der Waals surface area (Å²) in [6.07, 6.45) is 2.42. The third-order valence-corrected chi connectivity index (χ3v) is 4.57. The Morgan fingerprint density at radius 2 is 2.21 bits per heavy atom. The lowest BCUT2D eigenvalue weighted by Crippen LogP contribution is -2.37. The van der Waals surface area contributed by atoms with E-state index in [4.69, 9.17) is 4.74 Å². The highest BCUT2D eigenvalue weighted by Crippen LogP contribution is 2.21. The molecule has 1 aromatic carbocycles. The van der Waals surface area contributed by atoms with E-state index in [1.807, 2.05) is 18.2 Å². The summed E-state index contributed by atoms with van der Waals surface area (Å²) in [5, 5.41) is 10.4. The number of carbonyl (C=O) groups excluding carboxylic acids is 1. The maximum absolute atomic E-state index is 12.4. The van der Waals surface area contributed by atoms with Gasteiger partial charge in [0.05, 0.1) is 18.1 Å². The number of halogens is 1. The average Bonchev–Trinajstić information content (AvgIpc) is 3.02. The molecular formula is C17H15BrN4O2. The van der Waals surface area contributed by atoms with E-state index in [-0.39, 0.29) is 12.0 Å². The number of aromatic amines is 1. The molecule has 0 unspecified atom stereocenters. The molecule has 3 heterocycles. The molecule has 1 aliphatic heterocycles. The number of amides is 1. The Kier molecular flexibility index (Phi) is 4.03. The zero-order valence-electron chi connectivity index (χ0n) is 12.8. The van der Waals surface area contributed by atoms with Crippen molar-refractivity contribution in [1.29, 1.82) is 0 Å². The molecule has 24 heavy (non-hydrogen) atoms. The zero-order chi connectivity index (χ0) is 16.5. The van der Waals surface area contributed by atoms with Crippen molar-refractivity contribution in [3.05, 3.63) is 57.8 Å². The number of fused-ring (bicyclic) bond motifs is 2. The molecule has 1 amide bonds. The van der Waals surface area contributed by atoms with Crippen LogP contribution in [0.1, 0.15) is 21.6 Å². The Bertz CT molecular complexity index is 908. The molecule has 2 N–H and O–H groups in total. The molecule has 0 fully saturated rings. The molecule has 0 bridgehead atoms. The largest absolute Gasteiger partial charge is 0.371 e. The van der Waals surface area contributed by atoms with Gasteiger partial charge in [-0.3, -0.25) is 9.89 Å². The highest BCUT2D eigenvalue weighted by Gasteiger charge is 2.21. The van der Waals surface area contributed by atoms with Crippen LogP contribution >= 0.6 is 15.9 Å². The smallest absolute Gasteiger partial charge is 0.270 e. The first-order valence-electron chi connectivity index (χ1n) is 7.67. The maximum atomic E-state index is 12.4. The second kappa shape index (κ2) is 6.33. The van der Waals surface area contributed by atoms with E-state index in [0.717, 1.165) is 10.9 Å². The van der Waals surface area contributed by atoms with Crippen molar-refractivity contribution in [3.8, 4) is 0 Å². The normalized spacial score (nSPS) is 16.8. The van der Waals surface area contributed by atoms with Gasteiger partial charge in [0.25, 0.3) is 5.91 Å². The fourth-order valence-corrected chi connectivity index (χ4v) is 3.21. The minimum Gasteiger partial charge on any atom is -0.371 e. The number of H-pyrrole nitrogens is 1. The Balaban J connectivity index is 1.44. The average molecular weight is 387 g/mol. The second-order valence-electron chi connectivity index (χ2n) is 5.74. The minimum absolute atomic E-state index is 0.0251. The Labute approximate surface area is 146 Å². The summed E-state index contributed by atoms with van der Waals surface area (Å²) in [6, 6.07) is 10.1. The molecule has 1 aliphatic rings. The minimum atomic E-state index is -0.208. The predicted octanol–water partition coefficient (Wildman–Crippen LogP) is 2.59. The Morgan fingerprint density at radius 1 is 1.38 bits per heavy atom. The van der Waals surface area contributed by atoms with Gasteiger partial charge in [-0.1, -0.05) is 24.3 Å². The fraction of sp³-hybridized carbons (Fsp3) is 0.235. The van der Waals surface area contributed by atoms with Crippen molar-refractivity contribution < 1.29 is 9.53 Å². The monoisotopic (exact) mass is 386 g/mol. The Hall–Kier alpha value is -2.25. The number of hydrogen-bond donors (Lipinski definition) is 2. The van der Waals surface area contributed by atoms with Gasteiger partial charge in [-0.2, -0.15) is 5.10 Å². The van der Waals surface area contributed by atoms with Crippen molar-refractivity contribution in [2.45, 2.75) is 19.1 Å². The van der Waals surface area contributed by atoms with Crippen molar-refractivity contribution in [3.63, 3.8) is 0 Å². The molecule has 7 heteroatoms. The van der Waals surface area contributed by atoms with Crippen LogP contribution in [0, 0.1) is 0 Å². The van der Waals surface area contributed by atoms with Gasteiger partial charge in [0.2, 0.25) is 0 Å². The van der Waals surface area contributed by atoms with Crippen LogP contribution in [0.2, 0.25) is 0 Å². The van der Waals surface area contributed by atoms with Crippen LogP contribution in [0.5, 0.6) is 0 Å². The van der Waals surface area contributed by atoms with Crippen LogP contribution < -0.4 is 5.32 Å². The van der Waals surface area contributed by atoms with E-state index in [9.17, 15) is 4.79 Å². The molecule has 6 nitrogen and oxygen atoms in total. The summed E-state index contributed by atoms with van der Waals surface area (Å²) >= 11 is 3.36. The van der Waals surface area contributed by atoms with Gasteiger partial charge in [-0.05, 0) is 33.1 Å². The number of rotatable bonds is 3. The van der Waals surface area contributed by atoms with E-state index < -0.39 is 0 Å². The zero-order valence-corrected chi connectivity index (χ0v) is 14.3. The topological polar surface area (TPSA) is 79.9 Å². The van der Waals surface area contributed by atoms with Crippen LogP contribution in [0.3, 0.4) is 0 Å². The summed E-state index contributed by atoms with van der Waals surface area (Å²) in [4.78, 5) is 16.6. The highest BCUT2D eigenvalue weighted by atomic mass is 79.9. The van der Waals surface area contributed by atoms with Gasteiger partial charge in [0, 0.05) is 23.6 Å². The lowest BCUT2D eigenvalue weighted by atomic mass is 9.99. The molecule has 0 aliphatic carbocycles. The van der Waals surface area contributed by atoms with Crippen LogP contribution in [0.15, 0.2) is 41.0 Å². The molecule has 2 aromatic heterocycles. The summed E-state index contributed by atoms with van der Waals surface area (Å²) in [7, 11) is 0. The van der Waals surface area contributed by atoms with Gasteiger partial charge in [0.15, 0.2) is 5.65 Å². The van der Waals surface area contributed by atoms with Crippen molar-refractivity contribution in [1.82, 2.24) is 20.5 Å². The lowest BCUT2D eigenvalue weighted by molar-refractivity contribution is 0.0284. The molecule has 0 saturated heterocycles. The van der Waals surface area contributed by atoms with Gasteiger partial charge in [0.1, 0.15) is 5.69 Å². The number of hydrogen-bond acceptors (Lipinski definition) is 4. The lowest BCUT2D eigenvalue weighted by Gasteiger charge is -2.25. The van der Waals surface area contributed by atoms with Gasteiger partial charge in [-0.25, -0.2) is 4.98 Å². The Morgan fingerprint density at radius 3 is 3.08 bits per heavy atom. The van der Waals surface area contributed by atoms with Gasteiger partial charge < -0.3 is 10.1 Å². The molecule has 122 valence electrons. The summed E-state index contributed by atoms with van der Waals surface area (Å²) in [6.45, 7) is 1.04. The quantitative estimate of drug-likeness (QED) is 0.724. The summed E-state index contributed by atoms with van der Waals surface area (Å²) in [5.41, 5.74) is 3.43. The molecule has 0 radical (unpaired) electrons. The summed E-state index contributed by atoms with van der Waals surface area (Å²) in [5.74, 6) is -0.208. The third-order valence-electron chi connectivity index (χ3n) is 4.13. The molecule has 3 aromatic rings. The predicted molar refractivity (Wildman–Crippen MR) is 92.6 cm³/mol. The molecule has 0 spiro atoms. The van der Waals surface area contributed by atoms with Gasteiger partial charge >= 0.3 is 0 Å². The number of benzene rings is 1. The number of pyridine rings is 1. The number of nitrogens with zero attached hydrogens (tertiary/aromatic N) is 2. The van der Waals surface area contributed by atoms with Crippen molar-refractivity contribution in [2.24, 2.45) is 0 Å². The molecule has 4 rings (SSSR count).